The zero-order chi connectivity index (χ0) is 38.0. The lowest BCUT2D eigenvalue weighted by molar-refractivity contribution is -0.126. The number of benzene rings is 2. The zero-order valence-corrected chi connectivity index (χ0v) is 33.9. The molecule has 2 heterocycles. The van der Waals surface area contributed by atoms with Gasteiger partial charge in [0, 0.05) is 64.3 Å². The van der Waals surface area contributed by atoms with E-state index in [-0.39, 0.29) is 22.8 Å². The normalized spacial score (nSPS) is 16.4. The van der Waals surface area contributed by atoms with Gasteiger partial charge in [0.15, 0.2) is 5.96 Å². The number of carbonyl (C=O) groups excluding carboxylic acids is 1. The minimum Gasteiger partial charge on any atom is -0.349 e. The van der Waals surface area contributed by atoms with Crippen LogP contribution in [0.3, 0.4) is 0 Å². The number of aromatic amines is 1. The first kappa shape index (κ1) is 39.0. The van der Waals surface area contributed by atoms with Crippen molar-refractivity contribution in [1.82, 2.24) is 19.8 Å². The van der Waals surface area contributed by atoms with Crippen LogP contribution < -0.4 is 0 Å². The molecule has 0 amide bonds. The molecule has 2 aromatic carbocycles. The van der Waals surface area contributed by atoms with Crippen molar-refractivity contribution in [2.45, 2.75) is 106 Å². The van der Waals surface area contributed by atoms with Crippen LogP contribution in [0.5, 0.6) is 0 Å². The second-order valence-corrected chi connectivity index (χ2v) is 17.9. The number of aliphatic imine (C=N–C) groups is 2. The van der Waals surface area contributed by atoms with Crippen molar-refractivity contribution in [1.29, 1.82) is 0 Å². The van der Waals surface area contributed by atoms with E-state index in [1.807, 2.05) is 40.6 Å². The Kier molecular flexibility index (Phi) is 11.5. The molecule has 0 spiro atoms. The Morgan fingerprint density at radius 1 is 0.808 bits per heavy atom. The molecule has 7 heteroatoms. The lowest BCUT2D eigenvalue weighted by Gasteiger charge is -2.34. The number of H-pyrrole nitrogens is 1. The van der Waals surface area contributed by atoms with Crippen LogP contribution in [-0.4, -0.2) is 71.5 Å². The third kappa shape index (κ3) is 8.85. The van der Waals surface area contributed by atoms with E-state index in [9.17, 15) is 4.79 Å². The summed E-state index contributed by atoms with van der Waals surface area (Å²) in [5.74, 6) is 2.11. The summed E-state index contributed by atoms with van der Waals surface area (Å²) in [6.07, 6.45) is 12.0. The van der Waals surface area contributed by atoms with Crippen LogP contribution in [0.15, 0.2) is 82.6 Å². The maximum atomic E-state index is 13.8. The monoisotopic (exact) mass is 702 g/mol. The molecule has 3 aromatic rings. The fourth-order valence-electron chi connectivity index (χ4n) is 7.52. The van der Waals surface area contributed by atoms with Crippen molar-refractivity contribution >= 4 is 23.0 Å². The minimum absolute atomic E-state index is 0.00731. The number of Topliss-reactive ketones (excluding diaryl/α,β-unsaturated/α-hetero) is 1. The molecule has 5 rings (SSSR count). The number of nitrogens with zero attached hydrogens (tertiary/aromatic N) is 5. The highest BCUT2D eigenvalue weighted by Gasteiger charge is 2.38. The van der Waals surface area contributed by atoms with Gasteiger partial charge in [0.25, 0.3) is 0 Å². The highest BCUT2D eigenvalue weighted by atomic mass is 16.1. The molecule has 1 aliphatic heterocycles. The highest BCUT2D eigenvalue weighted by Crippen LogP contribution is 2.42. The molecule has 278 valence electrons. The number of allylic oxidation sites excluding steroid dienone is 3. The topological polar surface area (TPSA) is 77.0 Å². The molecule has 7 nitrogen and oxygen atoms in total. The summed E-state index contributed by atoms with van der Waals surface area (Å²) >= 11 is 0. The predicted octanol–water partition coefficient (Wildman–Crippen LogP) is 10.4. The molecule has 1 aromatic heterocycles. The third-order valence-electron chi connectivity index (χ3n) is 10.9. The fraction of sp³-hybridized carbons (Fsp3) is 0.511. The second-order valence-electron chi connectivity index (χ2n) is 17.9. The van der Waals surface area contributed by atoms with Gasteiger partial charge in [-0.05, 0) is 78.2 Å². The molecule has 1 aliphatic carbocycles. The molecule has 0 bridgehead atoms. The minimum atomic E-state index is -0.440. The summed E-state index contributed by atoms with van der Waals surface area (Å²) in [6.45, 7) is 17.5. The Bertz CT molecular complexity index is 1830. The Morgan fingerprint density at radius 2 is 1.38 bits per heavy atom. The first-order valence-electron chi connectivity index (χ1n) is 19.0. The predicted molar refractivity (Wildman–Crippen MR) is 220 cm³/mol. The molecule has 0 unspecified atom stereocenters. The average Bonchev–Trinajstić information content (AvgIpc) is 3.77. The van der Waals surface area contributed by atoms with E-state index in [4.69, 9.17) is 15.0 Å². The van der Waals surface area contributed by atoms with Gasteiger partial charge < -0.3 is 14.8 Å². The highest BCUT2D eigenvalue weighted by molar-refractivity contribution is 6.03. The molecular formula is C45H62N6O. The Hall–Kier alpha value is -4.26. The summed E-state index contributed by atoms with van der Waals surface area (Å²) in [7, 11) is 8.14. The number of hydrogen-bond donors (Lipinski definition) is 1. The number of carbonyl (C=O) groups is 1. The number of ketones is 1. The van der Waals surface area contributed by atoms with Gasteiger partial charge in [0.05, 0.1) is 17.9 Å². The third-order valence-corrected chi connectivity index (χ3v) is 10.9. The van der Waals surface area contributed by atoms with E-state index < -0.39 is 5.41 Å². The fourth-order valence-corrected chi connectivity index (χ4v) is 7.52. The van der Waals surface area contributed by atoms with Crippen LogP contribution in [0, 0.1) is 16.2 Å². The van der Waals surface area contributed by atoms with Crippen LogP contribution in [0.1, 0.15) is 111 Å². The standard InChI is InChI=1S/C45H62N6O/c1-43(2,3)36(27-39(52)45(7,8)35-16-14-13-15-17-35)41-47-29-38(48-41)33-24-22-31(23-25-33)30-18-20-32(21-19-30)34-26-37(46-28-34)40(44(4,5)6)49-42(50(9)10)51(11)12/h16,18-25,28-29,36,40H,13-15,17,26-27H2,1-12H3,(H,47,48)/t36-,40-/m1/s1. The molecule has 0 saturated heterocycles. The smallest absolute Gasteiger partial charge is 0.196 e. The Labute approximate surface area is 313 Å². The number of hydrogen-bond acceptors (Lipinski definition) is 4. The summed E-state index contributed by atoms with van der Waals surface area (Å²) in [4.78, 5) is 36.4. The summed E-state index contributed by atoms with van der Waals surface area (Å²) < 4.78 is 0. The zero-order valence-electron chi connectivity index (χ0n) is 33.9. The van der Waals surface area contributed by atoms with Crippen molar-refractivity contribution in [3.63, 3.8) is 0 Å². The number of imidazole rings is 1. The first-order valence-corrected chi connectivity index (χ1v) is 19.0. The van der Waals surface area contributed by atoms with Gasteiger partial charge in [-0.15, -0.1) is 0 Å². The lowest BCUT2D eigenvalue weighted by Crippen LogP contribution is -2.40. The molecule has 0 fully saturated rings. The summed E-state index contributed by atoms with van der Waals surface area (Å²) in [6, 6.07) is 17.4. The molecule has 52 heavy (non-hydrogen) atoms. The SMILES string of the molecule is CN(C)C(=N[C@H](C1=NC=C(c2ccc(-c3ccc(-c4cnc([C@@H](CC(=O)C(C)(C)C5=CCCCC5)C(C)(C)C)[nH]4)cc3)cc2)C1)C(C)(C)C)N(C)C. The largest absolute Gasteiger partial charge is 0.349 e. The van der Waals surface area contributed by atoms with Gasteiger partial charge in [-0.1, -0.05) is 102 Å². The van der Waals surface area contributed by atoms with Crippen molar-refractivity contribution < 1.29 is 4.79 Å². The van der Waals surface area contributed by atoms with Gasteiger partial charge in [-0.25, -0.2) is 9.98 Å². The average molecular weight is 703 g/mol. The van der Waals surface area contributed by atoms with E-state index >= 15 is 0 Å². The van der Waals surface area contributed by atoms with Crippen LogP contribution in [0.2, 0.25) is 0 Å². The van der Waals surface area contributed by atoms with Crippen molar-refractivity contribution in [3.8, 4) is 22.4 Å². The maximum Gasteiger partial charge on any atom is 0.196 e. The van der Waals surface area contributed by atoms with Crippen LogP contribution in [-0.2, 0) is 4.79 Å². The van der Waals surface area contributed by atoms with Crippen LogP contribution in [0.25, 0.3) is 28.0 Å². The first-order chi connectivity index (χ1) is 24.4. The van der Waals surface area contributed by atoms with Gasteiger partial charge in [0.1, 0.15) is 11.6 Å². The molecule has 2 atom stereocenters. The molecular weight excluding hydrogens is 641 g/mol. The van der Waals surface area contributed by atoms with E-state index in [0.717, 1.165) is 53.6 Å². The number of rotatable bonds is 10. The van der Waals surface area contributed by atoms with E-state index in [1.54, 1.807) is 0 Å². The molecule has 1 N–H and O–H groups in total. The van der Waals surface area contributed by atoms with E-state index in [1.165, 1.54) is 35.1 Å². The summed E-state index contributed by atoms with van der Waals surface area (Å²) in [5.41, 5.74) is 8.56. The number of guanidine groups is 1. The molecule has 2 aliphatic rings. The van der Waals surface area contributed by atoms with Crippen LogP contribution in [0.4, 0.5) is 0 Å². The van der Waals surface area contributed by atoms with Gasteiger partial charge in [0.2, 0.25) is 0 Å². The van der Waals surface area contributed by atoms with Gasteiger partial charge in [-0.3, -0.25) is 9.79 Å². The Balaban J connectivity index is 1.27. The Morgan fingerprint density at radius 3 is 1.90 bits per heavy atom. The van der Waals surface area contributed by atoms with E-state index in [0.29, 0.717) is 12.2 Å². The molecule has 0 saturated carbocycles. The lowest BCUT2D eigenvalue weighted by atomic mass is 9.69. The van der Waals surface area contributed by atoms with Crippen molar-refractivity contribution in [2.75, 3.05) is 28.2 Å². The van der Waals surface area contributed by atoms with Gasteiger partial charge in [-0.2, -0.15) is 0 Å². The second kappa shape index (κ2) is 15.4. The van der Waals surface area contributed by atoms with E-state index in [2.05, 4.69) is 125 Å². The van der Waals surface area contributed by atoms with Crippen molar-refractivity contribution in [2.24, 2.45) is 26.2 Å². The maximum absolute atomic E-state index is 13.8. The summed E-state index contributed by atoms with van der Waals surface area (Å²) in [5, 5.41) is 0. The quantitative estimate of drug-likeness (QED) is 0.130. The number of aromatic nitrogens is 2. The van der Waals surface area contributed by atoms with Crippen molar-refractivity contribution in [3.05, 3.63) is 84.0 Å². The van der Waals surface area contributed by atoms with Crippen LogP contribution >= 0.6 is 0 Å². The number of nitrogens with one attached hydrogen (secondary N) is 1. The molecule has 0 radical (unpaired) electrons. The van der Waals surface area contributed by atoms with Gasteiger partial charge >= 0.3 is 0 Å².